The number of carbonyl (C=O) groups is 1. The van der Waals surface area contributed by atoms with Gasteiger partial charge in [0.05, 0.1) is 10.7 Å². The highest BCUT2D eigenvalue weighted by molar-refractivity contribution is 6.35. The van der Waals surface area contributed by atoms with Crippen molar-refractivity contribution in [3.63, 3.8) is 0 Å². The molecule has 0 aliphatic carbocycles. The second kappa shape index (κ2) is 7.31. The molecule has 0 fully saturated rings. The van der Waals surface area contributed by atoms with Gasteiger partial charge in [0.25, 0.3) is 0 Å². The van der Waals surface area contributed by atoms with Crippen LogP contribution in [0.2, 0.25) is 10.0 Å². The maximum absolute atomic E-state index is 11.5. The Balaban J connectivity index is 2.02. The lowest BCUT2D eigenvalue weighted by atomic mass is 10.3. The number of benzene rings is 1. The van der Waals surface area contributed by atoms with Gasteiger partial charge in [0.1, 0.15) is 0 Å². The summed E-state index contributed by atoms with van der Waals surface area (Å²) in [5.74, 6) is 0.391. The molecule has 2 amide bonds. The number of aliphatic hydroxyl groups is 1. The van der Waals surface area contributed by atoms with Crippen LogP contribution in [-0.2, 0) is 0 Å². The van der Waals surface area contributed by atoms with E-state index in [0.29, 0.717) is 34.5 Å². The molecule has 0 aliphatic heterocycles. The second-order valence-corrected chi connectivity index (χ2v) is 5.04. The van der Waals surface area contributed by atoms with Crippen LogP contribution in [0.15, 0.2) is 30.5 Å². The fourth-order valence-electron chi connectivity index (χ4n) is 1.63. The number of hydrogen-bond donors (Lipinski definition) is 3. The number of amides is 2. The summed E-state index contributed by atoms with van der Waals surface area (Å²) in [4.78, 5) is 11.5. The third kappa shape index (κ3) is 4.35. The van der Waals surface area contributed by atoms with E-state index in [4.69, 9.17) is 28.3 Å². The Morgan fingerprint density at radius 3 is 2.86 bits per heavy atom. The lowest BCUT2D eigenvalue weighted by molar-refractivity contribution is 0.248. The fraction of sp³-hybridized carbons (Fsp3) is 0.231. The summed E-state index contributed by atoms with van der Waals surface area (Å²) < 4.78 is 1.54. The number of aromatic nitrogens is 2. The summed E-state index contributed by atoms with van der Waals surface area (Å²) in [6.45, 7) is 0.427. The van der Waals surface area contributed by atoms with Crippen molar-refractivity contribution in [1.82, 2.24) is 15.1 Å². The van der Waals surface area contributed by atoms with Crippen molar-refractivity contribution in [1.29, 1.82) is 0 Å². The Morgan fingerprint density at radius 2 is 2.14 bits per heavy atom. The van der Waals surface area contributed by atoms with E-state index in [1.807, 2.05) is 0 Å². The number of hydrogen-bond acceptors (Lipinski definition) is 3. The van der Waals surface area contributed by atoms with Gasteiger partial charge in [-0.15, -0.1) is 5.10 Å². The number of aliphatic hydroxyl groups excluding tert-OH is 1. The van der Waals surface area contributed by atoms with Crippen LogP contribution in [0.3, 0.4) is 0 Å². The van der Waals surface area contributed by atoms with E-state index in [9.17, 15) is 4.79 Å². The van der Waals surface area contributed by atoms with Gasteiger partial charge in [0.2, 0.25) is 0 Å². The minimum Gasteiger partial charge on any atom is -0.396 e. The van der Waals surface area contributed by atoms with Gasteiger partial charge >= 0.3 is 6.03 Å². The Hall–Kier alpha value is -1.76. The van der Waals surface area contributed by atoms with Crippen molar-refractivity contribution < 1.29 is 9.90 Å². The molecule has 21 heavy (non-hydrogen) atoms. The van der Waals surface area contributed by atoms with Crippen molar-refractivity contribution >= 4 is 35.1 Å². The lowest BCUT2D eigenvalue weighted by Crippen LogP contribution is -2.30. The van der Waals surface area contributed by atoms with Crippen molar-refractivity contribution in [3.8, 4) is 5.69 Å². The number of urea groups is 1. The quantitative estimate of drug-likeness (QED) is 0.738. The van der Waals surface area contributed by atoms with Gasteiger partial charge in [-0.1, -0.05) is 23.2 Å². The first-order valence-electron chi connectivity index (χ1n) is 6.27. The van der Waals surface area contributed by atoms with Crippen LogP contribution in [0.5, 0.6) is 0 Å². The predicted molar refractivity (Wildman–Crippen MR) is 82.3 cm³/mol. The molecule has 1 heterocycles. The SMILES string of the molecule is O=C(NCCCO)Nc1ccn(-c2ccc(Cl)cc2Cl)n1. The van der Waals surface area contributed by atoms with E-state index in [0.717, 1.165) is 0 Å². The molecule has 0 spiro atoms. The molecular formula is C13H14Cl2N4O2. The number of nitrogens with one attached hydrogen (secondary N) is 2. The minimum absolute atomic E-state index is 0.0317. The number of halogens is 2. The van der Waals surface area contributed by atoms with Gasteiger partial charge in [-0.3, -0.25) is 5.32 Å². The molecule has 1 aromatic carbocycles. The number of nitrogens with zero attached hydrogens (tertiary/aromatic N) is 2. The van der Waals surface area contributed by atoms with Gasteiger partial charge in [0, 0.05) is 30.4 Å². The predicted octanol–water partition coefficient (Wildman–Crippen LogP) is 2.68. The molecule has 8 heteroatoms. The van der Waals surface area contributed by atoms with Crippen LogP contribution in [0.25, 0.3) is 5.69 Å². The minimum atomic E-state index is -0.379. The van der Waals surface area contributed by atoms with Crippen LogP contribution >= 0.6 is 23.2 Å². The molecule has 2 aromatic rings. The Bertz CT molecular complexity index is 630. The normalized spacial score (nSPS) is 10.4. The molecule has 6 nitrogen and oxygen atoms in total. The van der Waals surface area contributed by atoms with Crippen LogP contribution in [0.4, 0.5) is 10.6 Å². The van der Waals surface area contributed by atoms with E-state index in [2.05, 4.69) is 15.7 Å². The Kier molecular flexibility index (Phi) is 5.44. The zero-order valence-corrected chi connectivity index (χ0v) is 12.5. The summed E-state index contributed by atoms with van der Waals surface area (Å²) in [5, 5.41) is 19.0. The lowest BCUT2D eigenvalue weighted by Gasteiger charge is -2.05. The Labute approximate surface area is 131 Å². The zero-order chi connectivity index (χ0) is 15.2. The standard InChI is InChI=1S/C13H14Cl2N4O2/c14-9-2-3-11(10(15)8-9)19-6-4-12(18-19)17-13(21)16-5-1-7-20/h2-4,6,8,20H,1,5,7H2,(H2,16,17,18,21). The second-order valence-electron chi connectivity index (χ2n) is 4.20. The van der Waals surface area contributed by atoms with Gasteiger partial charge in [-0.05, 0) is 24.6 Å². The molecule has 3 N–H and O–H groups in total. The van der Waals surface area contributed by atoms with Crippen molar-refractivity contribution in [2.24, 2.45) is 0 Å². The van der Waals surface area contributed by atoms with Crippen LogP contribution < -0.4 is 10.6 Å². The van der Waals surface area contributed by atoms with Crippen molar-refractivity contribution in [2.75, 3.05) is 18.5 Å². The number of anilines is 1. The molecule has 0 aliphatic rings. The highest BCUT2D eigenvalue weighted by atomic mass is 35.5. The van der Waals surface area contributed by atoms with E-state index in [1.54, 1.807) is 35.1 Å². The van der Waals surface area contributed by atoms with Crippen LogP contribution in [0, 0.1) is 0 Å². The maximum atomic E-state index is 11.5. The summed E-state index contributed by atoms with van der Waals surface area (Å²) >= 11 is 11.9. The molecule has 0 radical (unpaired) electrons. The monoisotopic (exact) mass is 328 g/mol. The fourth-order valence-corrected chi connectivity index (χ4v) is 2.13. The molecule has 0 unspecified atom stereocenters. The molecule has 112 valence electrons. The Morgan fingerprint density at radius 1 is 1.33 bits per heavy atom. The first-order valence-corrected chi connectivity index (χ1v) is 7.02. The molecule has 0 saturated carbocycles. The first-order chi connectivity index (χ1) is 10.1. The van der Waals surface area contributed by atoms with E-state index < -0.39 is 0 Å². The number of rotatable bonds is 5. The topological polar surface area (TPSA) is 79.2 Å². The third-order valence-electron chi connectivity index (χ3n) is 2.61. The zero-order valence-electron chi connectivity index (χ0n) is 11.0. The highest BCUT2D eigenvalue weighted by Gasteiger charge is 2.08. The van der Waals surface area contributed by atoms with E-state index >= 15 is 0 Å². The summed E-state index contributed by atoms with van der Waals surface area (Å²) in [6.07, 6.45) is 2.18. The van der Waals surface area contributed by atoms with Crippen molar-refractivity contribution in [2.45, 2.75) is 6.42 Å². The first kappa shape index (κ1) is 15.6. The molecular weight excluding hydrogens is 315 g/mol. The van der Waals surface area contributed by atoms with Crippen molar-refractivity contribution in [3.05, 3.63) is 40.5 Å². The summed E-state index contributed by atoms with van der Waals surface area (Å²) in [5.41, 5.74) is 0.662. The van der Waals surface area contributed by atoms with Gasteiger partial charge < -0.3 is 10.4 Å². The molecule has 1 aromatic heterocycles. The molecule has 0 bridgehead atoms. The van der Waals surface area contributed by atoms with E-state index in [-0.39, 0.29) is 12.6 Å². The van der Waals surface area contributed by atoms with Crippen LogP contribution in [-0.4, -0.2) is 34.1 Å². The smallest absolute Gasteiger partial charge is 0.320 e. The number of carbonyl (C=O) groups excluding carboxylic acids is 1. The molecule has 0 atom stereocenters. The summed E-state index contributed by atoms with van der Waals surface area (Å²) in [7, 11) is 0. The molecule has 0 saturated heterocycles. The largest absolute Gasteiger partial charge is 0.396 e. The third-order valence-corrected chi connectivity index (χ3v) is 3.15. The average Bonchev–Trinajstić information content (AvgIpc) is 2.87. The van der Waals surface area contributed by atoms with E-state index in [1.165, 1.54) is 0 Å². The van der Waals surface area contributed by atoms with Gasteiger partial charge in [-0.25, -0.2) is 9.48 Å². The average molecular weight is 329 g/mol. The summed E-state index contributed by atoms with van der Waals surface area (Å²) in [6, 6.07) is 6.34. The molecule has 2 rings (SSSR count). The van der Waals surface area contributed by atoms with Gasteiger partial charge in [0.15, 0.2) is 5.82 Å². The van der Waals surface area contributed by atoms with Crippen LogP contribution in [0.1, 0.15) is 6.42 Å². The maximum Gasteiger partial charge on any atom is 0.320 e. The van der Waals surface area contributed by atoms with Gasteiger partial charge in [-0.2, -0.15) is 0 Å². The highest BCUT2D eigenvalue weighted by Crippen LogP contribution is 2.24.